The number of imidazole rings is 1. The van der Waals surface area contributed by atoms with Crippen molar-refractivity contribution in [1.82, 2.24) is 14.3 Å². The van der Waals surface area contributed by atoms with Crippen LogP contribution < -0.4 is 10.0 Å². The van der Waals surface area contributed by atoms with Gasteiger partial charge >= 0.3 is 0 Å². The molecule has 206 valence electrons. The van der Waals surface area contributed by atoms with E-state index in [1.165, 1.54) is 13.2 Å². The number of carbonyl (C=O) groups excluding carboxylic acids is 1. The number of ether oxygens (including phenoxy) is 1. The minimum atomic E-state index is -3.34. The number of carbonyl (C=O) groups is 1. The summed E-state index contributed by atoms with van der Waals surface area (Å²) >= 11 is 0. The number of benzene rings is 1. The van der Waals surface area contributed by atoms with Gasteiger partial charge in [0.1, 0.15) is 18.6 Å². The van der Waals surface area contributed by atoms with E-state index in [4.69, 9.17) is 4.74 Å². The van der Waals surface area contributed by atoms with Crippen LogP contribution in [0.2, 0.25) is 0 Å². The molecule has 2 N–H and O–H groups in total. The van der Waals surface area contributed by atoms with Crippen molar-refractivity contribution in [1.29, 1.82) is 5.26 Å². The van der Waals surface area contributed by atoms with Gasteiger partial charge in [0.05, 0.1) is 24.9 Å². The van der Waals surface area contributed by atoms with Crippen molar-refractivity contribution >= 4 is 38.1 Å². The SMILES string of the molecule is CNS(=O)(=O)CCc1ccc(NC(=O)c2nc(C#N)cn2COCC[S+](C)C)c(C2=CCC(C)(C)CC2)c1. The van der Waals surface area contributed by atoms with E-state index in [0.717, 1.165) is 41.7 Å². The Morgan fingerprint density at radius 1 is 1.32 bits per heavy atom. The highest BCUT2D eigenvalue weighted by molar-refractivity contribution is 7.95. The summed E-state index contributed by atoms with van der Waals surface area (Å²) in [6, 6.07) is 7.61. The number of nitriles is 1. The summed E-state index contributed by atoms with van der Waals surface area (Å²) in [5, 5.41) is 12.3. The molecule has 0 atom stereocenters. The van der Waals surface area contributed by atoms with Gasteiger partial charge < -0.3 is 14.6 Å². The van der Waals surface area contributed by atoms with Gasteiger partial charge in [0.15, 0.2) is 5.69 Å². The smallest absolute Gasteiger partial charge is 0.291 e. The third-order valence-corrected chi connectivity index (χ3v) is 8.93. The van der Waals surface area contributed by atoms with E-state index < -0.39 is 15.9 Å². The Morgan fingerprint density at radius 2 is 2.08 bits per heavy atom. The molecule has 0 spiro atoms. The van der Waals surface area contributed by atoms with Crippen LogP contribution in [0.5, 0.6) is 0 Å². The highest BCUT2D eigenvalue weighted by Crippen LogP contribution is 2.40. The van der Waals surface area contributed by atoms with Crippen LogP contribution in [0.3, 0.4) is 0 Å². The summed E-state index contributed by atoms with van der Waals surface area (Å²) in [4.78, 5) is 17.6. The zero-order chi connectivity index (χ0) is 27.9. The van der Waals surface area contributed by atoms with E-state index in [2.05, 4.69) is 47.5 Å². The monoisotopic (exact) mass is 560 g/mol. The highest BCUT2D eigenvalue weighted by Gasteiger charge is 2.24. The van der Waals surface area contributed by atoms with Crippen molar-refractivity contribution < 1.29 is 17.9 Å². The number of rotatable bonds is 12. The molecule has 1 aromatic heterocycles. The third kappa shape index (κ3) is 8.43. The Bertz CT molecular complexity index is 1320. The molecule has 0 aliphatic heterocycles. The second-order valence-corrected chi connectivity index (χ2v) is 14.9. The normalized spacial score (nSPS) is 15.2. The molecular formula is C27H38N5O4S2+. The molecular weight excluding hydrogens is 522 g/mol. The fourth-order valence-corrected chi connectivity index (χ4v) is 5.27. The second kappa shape index (κ2) is 12.9. The zero-order valence-electron chi connectivity index (χ0n) is 22.8. The summed E-state index contributed by atoms with van der Waals surface area (Å²) in [5.41, 5.74) is 3.84. The predicted molar refractivity (Wildman–Crippen MR) is 154 cm³/mol. The van der Waals surface area contributed by atoms with E-state index in [1.807, 2.05) is 24.3 Å². The van der Waals surface area contributed by atoms with Gasteiger partial charge in [-0.05, 0) is 72.3 Å². The van der Waals surface area contributed by atoms with Crippen molar-refractivity contribution in [2.75, 3.05) is 43.0 Å². The maximum atomic E-state index is 13.4. The van der Waals surface area contributed by atoms with Gasteiger partial charge in [0.25, 0.3) is 5.91 Å². The van der Waals surface area contributed by atoms with Gasteiger partial charge in [-0.15, -0.1) is 0 Å². The van der Waals surface area contributed by atoms with Crippen molar-refractivity contribution in [3.05, 3.63) is 53.1 Å². The molecule has 0 bridgehead atoms. The molecule has 11 heteroatoms. The number of hydrogen-bond donors (Lipinski definition) is 2. The average Bonchev–Trinajstić information content (AvgIpc) is 3.29. The summed E-state index contributed by atoms with van der Waals surface area (Å²) in [7, 11) is -1.68. The fourth-order valence-electron chi connectivity index (χ4n) is 4.11. The highest BCUT2D eigenvalue weighted by atomic mass is 32.2. The quantitative estimate of drug-likeness (QED) is 0.302. The third-order valence-electron chi connectivity index (χ3n) is 6.58. The molecule has 0 unspecified atom stereocenters. The van der Waals surface area contributed by atoms with E-state index in [1.54, 1.807) is 4.57 Å². The van der Waals surface area contributed by atoms with Crippen LogP contribution >= 0.6 is 0 Å². The number of anilines is 1. The molecule has 38 heavy (non-hydrogen) atoms. The number of hydrogen-bond acceptors (Lipinski definition) is 6. The average molecular weight is 561 g/mol. The van der Waals surface area contributed by atoms with Gasteiger partial charge in [0, 0.05) is 17.4 Å². The van der Waals surface area contributed by atoms with Crippen molar-refractivity contribution in [3.8, 4) is 6.07 Å². The molecule has 1 aromatic carbocycles. The van der Waals surface area contributed by atoms with E-state index in [0.29, 0.717) is 18.7 Å². The lowest BCUT2D eigenvalue weighted by Crippen LogP contribution is -2.23. The Balaban J connectivity index is 1.88. The van der Waals surface area contributed by atoms with Gasteiger partial charge in [-0.1, -0.05) is 26.0 Å². The maximum absolute atomic E-state index is 13.4. The van der Waals surface area contributed by atoms with Gasteiger partial charge in [-0.2, -0.15) is 5.26 Å². The number of sulfonamides is 1. The van der Waals surface area contributed by atoms with Crippen LogP contribution in [0.4, 0.5) is 5.69 Å². The van der Waals surface area contributed by atoms with Crippen molar-refractivity contribution in [2.24, 2.45) is 5.41 Å². The Morgan fingerprint density at radius 3 is 2.71 bits per heavy atom. The summed E-state index contributed by atoms with van der Waals surface area (Å²) in [5.74, 6) is 0.553. The Hall–Kier alpha value is -2.65. The minimum absolute atomic E-state index is 0.0214. The zero-order valence-corrected chi connectivity index (χ0v) is 24.5. The van der Waals surface area contributed by atoms with Crippen LogP contribution in [0.1, 0.15) is 60.5 Å². The molecule has 0 radical (unpaired) electrons. The largest absolute Gasteiger partial charge is 0.356 e. The van der Waals surface area contributed by atoms with Crippen LogP contribution in [0.15, 0.2) is 30.5 Å². The molecule has 3 rings (SSSR count). The molecule has 0 saturated carbocycles. The van der Waals surface area contributed by atoms with Crippen LogP contribution in [-0.2, 0) is 38.8 Å². The molecule has 1 heterocycles. The first-order chi connectivity index (χ1) is 17.9. The maximum Gasteiger partial charge on any atom is 0.291 e. The number of amides is 1. The number of aryl methyl sites for hydroxylation is 1. The van der Waals surface area contributed by atoms with Crippen molar-refractivity contribution in [3.63, 3.8) is 0 Å². The molecule has 2 aromatic rings. The molecule has 1 aliphatic carbocycles. The standard InChI is InChI=1S/C27H37N5O4S2/c1-27(2)11-8-21(9-12-27)23-16-20(10-15-38(34,35)29-3)6-7-24(23)31-26(33)25-30-22(17-28)18-32(25)19-36-13-14-37(4)5/h6-8,16,18,29H,9-15,19H2,1-5H3/p+1. The number of nitrogens with zero attached hydrogens (tertiary/aromatic N) is 3. The van der Waals surface area contributed by atoms with E-state index in [-0.39, 0.29) is 40.3 Å². The molecule has 0 saturated heterocycles. The molecule has 1 amide bonds. The minimum Gasteiger partial charge on any atom is -0.356 e. The Kier molecular flexibility index (Phi) is 10.2. The van der Waals surface area contributed by atoms with Crippen LogP contribution in [0, 0.1) is 16.7 Å². The van der Waals surface area contributed by atoms with E-state index in [9.17, 15) is 18.5 Å². The Labute approximate surface area is 229 Å². The first-order valence-electron chi connectivity index (χ1n) is 12.6. The second-order valence-electron chi connectivity index (χ2n) is 10.5. The van der Waals surface area contributed by atoms with Crippen LogP contribution in [0.25, 0.3) is 5.57 Å². The summed E-state index contributed by atoms with van der Waals surface area (Å²) in [6.07, 6.45) is 11.1. The first-order valence-corrected chi connectivity index (χ1v) is 16.4. The fraction of sp³-hybridized carbons (Fsp3) is 0.519. The molecule has 9 nitrogen and oxygen atoms in total. The van der Waals surface area contributed by atoms with Crippen molar-refractivity contribution in [2.45, 2.75) is 46.3 Å². The summed E-state index contributed by atoms with van der Waals surface area (Å²) in [6.45, 7) is 5.15. The number of allylic oxidation sites excluding steroid dienone is 2. The molecule has 1 aliphatic rings. The topological polar surface area (TPSA) is 126 Å². The lowest BCUT2D eigenvalue weighted by atomic mass is 9.76. The number of aromatic nitrogens is 2. The first kappa shape index (κ1) is 29.9. The predicted octanol–water partition coefficient (Wildman–Crippen LogP) is 3.54. The van der Waals surface area contributed by atoms with E-state index >= 15 is 0 Å². The summed E-state index contributed by atoms with van der Waals surface area (Å²) < 4.78 is 33.6. The lowest BCUT2D eigenvalue weighted by molar-refractivity contribution is 0.0827. The van der Waals surface area contributed by atoms with Gasteiger partial charge in [-0.3, -0.25) is 4.79 Å². The van der Waals surface area contributed by atoms with Gasteiger partial charge in [-0.25, -0.2) is 18.1 Å². The van der Waals surface area contributed by atoms with Gasteiger partial charge in [0.2, 0.25) is 15.8 Å². The number of nitrogens with one attached hydrogen (secondary N) is 2. The lowest BCUT2D eigenvalue weighted by Gasteiger charge is -2.29. The van der Waals surface area contributed by atoms with Crippen LogP contribution in [-0.4, -0.2) is 61.5 Å². The molecule has 0 fully saturated rings.